The molecule has 0 spiro atoms. The van der Waals surface area contributed by atoms with Crippen LogP contribution in [0.4, 0.5) is 17.6 Å². The smallest absolute Gasteiger partial charge is 0.419 e. The van der Waals surface area contributed by atoms with E-state index in [0.29, 0.717) is 6.07 Å². The van der Waals surface area contributed by atoms with Crippen LogP contribution in [0.25, 0.3) is 0 Å². The van der Waals surface area contributed by atoms with Crippen LogP contribution < -0.4 is 5.32 Å². The standard InChI is InChI=1S/C11H9F4NO4/c12-8-5(2-1-3-6(8)11(13,14)15)9(18)16-7(4-17)10(19)20/h1-3,7,17H,4H2,(H,16,18)(H,19,20)/t7-/m0/s1. The minimum Gasteiger partial charge on any atom is -0.480 e. The fourth-order valence-corrected chi connectivity index (χ4v) is 1.35. The molecule has 5 nitrogen and oxygen atoms in total. The second kappa shape index (κ2) is 5.87. The van der Waals surface area contributed by atoms with Crippen LogP contribution in [0.15, 0.2) is 18.2 Å². The molecule has 1 aromatic carbocycles. The highest BCUT2D eigenvalue weighted by Gasteiger charge is 2.36. The number of benzene rings is 1. The molecule has 0 radical (unpaired) electrons. The maximum Gasteiger partial charge on any atom is 0.419 e. The third kappa shape index (κ3) is 3.44. The number of hydrogen-bond acceptors (Lipinski definition) is 3. The van der Waals surface area contributed by atoms with Gasteiger partial charge >= 0.3 is 12.1 Å². The molecule has 0 aliphatic rings. The topological polar surface area (TPSA) is 86.6 Å². The van der Waals surface area contributed by atoms with Crippen LogP contribution in [0.1, 0.15) is 15.9 Å². The number of aliphatic hydroxyl groups is 1. The summed E-state index contributed by atoms with van der Waals surface area (Å²) in [5.41, 5.74) is -2.60. The molecule has 1 atom stereocenters. The number of nitrogens with one attached hydrogen (secondary N) is 1. The van der Waals surface area contributed by atoms with E-state index in [-0.39, 0.29) is 0 Å². The van der Waals surface area contributed by atoms with Gasteiger partial charge < -0.3 is 15.5 Å². The second-order valence-corrected chi connectivity index (χ2v) is 3.71. The molecule has 1 rings (SSSR count). The molecule has 0 saturated heterocycles. The van der Waals surface area contributed by atoms with Crippen molar-refractivity contribution in [1.82, 2.24) is 5.32 Å². The molecule has 0 bridgehead atoms. The molecule has 0 unspecified atom stereocenters. The van der Waals surface area contributed by atoms with Gasteiger partial charge in [-0.2, -0.15) is 13.2 Å². The zero-order valence-electron chi connectivity index (χ0n) is 9.74. The highest BCUT2D eigenvalue weighted by atomic mass is 19.4. The number of hydrogen-bond donors (Lipinski definition) is 3. The molecule has 0 fully saturated rings. The van der Waals surface area contributed by atoms with Crippen LogP contribution >= 0.6 is 0 Å². The summed E-state index contributed by atoms with van der Waals surface area (Å²) < 4.78 is 50.9. The maximum atomic E-state index is 13.6. The first-order valence-corrected chi connectivity index (χ1v) is 5.18. The molecule has 0 aromatic heterocycles. The molecule has 20 heavy (non-hydrogen) atoms. The Morgan fingerprint density at radius 3 is 2.35 bits per heavy atom. The van der Waals surface area contributed by atoms with Gasteiger partial charge in [0, 0.05) is 0 Å². The normalized spacial score (nSPS) is 12.8. The van der Waals surface area contributed by atoms with Crippen LogP contribution in [-0.2, 0) is 11.0 Å². The number of rotatable bonds is 4. The van der Waals surface area contributed by atoms with Crippen molar-refractivity contribution < 1.29 is 37.4 Å². The molecular weight excluding hydrogens is 286 g/mol. The first-order chi connectivity index (χ1) is 9.18. The molecule has 1 amide bonds. The molecule has 0 aliphatic heterocycles. The lowest BCUT2D eigenvalue weighted by molar-refractivity contribution is -0.141. The Morgan fingerprint density at radius 2 is 1.90 bits per heavy atom. The number of halogens is 4. The molecule has 3 N–H and O–H groups in total. The van der Waals surface area contributed by atoms with Crippen molar-refractivity contribution >= 4 is 11.9 Å². The number of amides is 1. The predicted octanol–water partition coefficient (Wildman–Crippen LogP) is 1.02. The lowest BCUT2D eigenvalue weighted by Gasteiger charge is -2.14. The van der Waals surface area contributed by atoms with Crippen LogP contribution in [0.2, 0.25) is 0 Å². The van der Waals surface area contributed by atoms with E-state index in [1.54, 1.807) is 5.32 Å². The van der Waals surface area contributed by atoms with E-state index in [2.05, 4.69) is 0 Å². The van der Waals surface area contributed by atoms with E-state index in [4.69, 9.17) is 10.2 Å². The van der Waals surface area contributed by atoms with Crippen LogP contribution in [0.3, 0.4) is 0 Å². The lowest BCUT2D eigenvalue weighted by atomic mass is 10.1. The van der Waals surface area contributed by atoms with Gasteiger partial charge in [0.25, 0.3) is 5.91 Å². The van der Waals surface area contributed by atoms with Gasteiger partial charge in [-0.15, -0.1) is 0 Å². The number of carboxylic acids is 1. The van der Waals surface area contributed by atoms with Gasteiger partial charge in [-0.3, -0.25) is 4.79 Å². The van der Waals surface area contributed by atoms with Crippen LogP contribution in [-0.4, -0.2) is 34.7 Å². The minimum absolute atomic E-state index is 0.451. The highest BCUT2D eigenvalue weighted by Crippen LogP contribution is 2.32. The van der Waals surface area contributed by atoms with Crippen molar-refractivity contribution in [2.45, 2.75) is 12.2 Å². The summed E-state index contributed by atoms with van der Waals surface area (Å²) in [6.45, 7) is -0.984. The van der Waals surface area contributed by atoms with Crippen LogP contribution in [0.5, 0.6) is 0 Å². The second-order valence-electron chi connectivity index (χ2n) is 3.71. The number of carbonyl (C=O) groups excluding carboxylic acids is 1. The van der Waals surface area contributed by atoms with Gasteiger partial charge in [0.1, 0.15) is 5.82 Å². The van der Waals surface area contributed by atoms with Crippen molar-refractivity contribution in [2.24, 2.45) is 0 Å². The Balaban J connectivity index is 3.09. The average Bonchev–Trinajstić information content (AvgIpc) is 2.34. The van der Waals surface area contributed by atoms with Crippen molar-refractivity contribution in [1.29, 1.82) is 0 Å². The molecule has 0 aliphatic carbocycles. The summed E-state index contributed by atoms with van der Waals surface area (Å²) >= 11 is 0. The van der Waals surface area contributed by atoms with E-state index in [0.717, 1.165) is 12.1 Å². The summed E-state index contributed by atoms with van der Waals surface area (Å²) in [7, 11) is 0. The Kier molecular flexibility index (Phi) is 4.66. The van der Waals surface area contributed by atoms with E-state index < -0.39 is 47.6 Å². The van der Waals surface area contributed by atoms with Crippen molar-refractivity contribution in [2.75, 3.05) is 6.61 Å². The number of aliphatic hydroxyl groups excluding tert-OH is 1. The summed E-state index contributed by atoms with van der Waals surface area (Å²) in [6.07, 6.45) is -4.98. The number of alkyl halides is 3. The van der Waals surface area contributed by atoms with Gasteiger partial charge in [0.05, 0.1) is 17.7 Å². The van der Waals surface area contributed by atoms with E-state index in [9.17, 15) is 27.2 Å². The summed E-state index contributed by atoms with van der Waals surface area (Å²) in [5, 5.41) is 19.0. The van der Waals surface area contributed by atoms with E-state index in [1.165, 1.54) is 0 Å². The zero-order valence-corrected chi connectivity index (χ0v) is 9.74. The molecule has 0 heterocycles. The van der Waals surface area contributed by atoms with Crippen molar-refractivity contribution in [3.63, 3.8) is 0 Å². The molecule has 1 aromatic rings. The first kappa shape index (κ1) is 15.9. The fraction of sp³-hybridized carbons (Fsp3) is 0.273. The average molecular weight is 295 g/mol. The maximum absolute atomic E-state index is 13.6. The SMILES string of the molecule is O=C(N[C@@H](CO)C(=O)O)c1cccc(C(F)(F)F)c1F. The Hall–Kier alpha value is -2.16. The van der Waals surface area contributed by atoms with E-state index in [1.807, 2.05) is 0 Å². The Bertz CT molecular complexity index is 530. The number of carboxylic acid groups (broad SMARTS) is 1. The zero-order chi connectivity index (χ0) is 15.5. The third-order valence-electron chi connectivity index (χ3n) is 2.33. The Morgan fingerprint density at radius 1 is 1.30 bits per heavy atom. The van der Waals surface area contributed by atoms with Gasteiger partial charge in [-0.1, -0.05) is 6.07 Å². The van der Waals surface area contributed by atoms with Crippen molar-refractivity contribution in [3.05, 3.63) is 35.1 Å². The van der Waals surface area contributed by atoms with Crippen LogP contribution in [0, 0.1) is 5.82 Å². The summed E-state index contributed by atoms with van der Waals surface area (Å²) in [4.78, 5) is 22.1. The molecule has 0 saturated carbocycles. The minimum atomic E-state index is -4.98. The number of aliphatic carboxylic acids is 1. The van der Waals surface area contributed by atoms with E-state index >= 15 is 0 Å². The highest BCUT2D eigenvalue weighted by molar-refractivity contribution is 5.97. The first-order valence-electron chi connectivity index (χ1n) is 5.18. The van der Waals surface area contributed by atoms with Crippen molar-refractivity contribution in [3.8, 4) is 0 Å². The monoisotopic (exact) mass is 295 g/mol. The number of carbonyl (C=O) groups is 2. The van der Waals surface area contributed by atoms with Gasteiger partial charge in [-0.25, -0.2) is 9.18 Å². The lowest BCUT2D eigenvalue weighted by Crippen LogP contribution is -2.43. The van der Waals surface area contributed by atoms with Gasteiger partial charge in [0.2, 0.25) is 0 Å². The van der Waals surface area contributed by atoms with Gasteiger partial charge in [0.15, 0.2) is 6.04 Å². The predicted molar refractivity (Wildman–Crippen MR) is 57.4 cm³/mol. The van der Waals surface area contributed by atoms with Gasteiger partial charge in [-0.05, 0) is 12.1 Å². The largest absolute Gasteiger partial charge is 0.480 e. The molecule has 9 heteroatoms. The molecule has 110 valence electrons. The fourth-order valence-electron chi connectivity index (χ4n) is 1.35. The summed E-state index contributed by atoms with van der Waals surface area (Å²) in [5.74, 6) is -4.78. The molecular formula is C11H9F4NO4. The summed E-state index contributed by atoms with van der Waals surface area (Å²) in [6, 6.07) is 0.301. The Labute approximate surface area is 109 Å². The quantitative estimate of drug-likeness (QED) is 0.724. The third-order valence-corrected chi connectivity index (χ3v) is 2.33.